The van der Waals surface area contributed by atoms with Gasteiger partial charge in [-0.25, -0.2) is 0 Å². The van der Waals surface area contributed by atoms with Crippen molar-refractivity contribution in [3.8, 4) is 0 Å². The van der Waals surface area contributed by atoms with E-state index in [2.05, 4.69) is 30.8 Å². The minimum atomic E-state index is 0.881. The van der Waals surface area contributed by atoms with Gasteiger partial charge in [0, 0.05) is 5.69 Å². The Bertz CT molecular complexity index is 273. The molecule has 0 saturated carbocycles. The molecule has 0 aliphatic heterocycles. The van der Waals surface area contributed by atoms with Crippen LogP contribution in [-0.4, -0.2) is 11.5 Å². The van der Waals surface area contributed by atoms with Crippen LogP contribution in [-0.2, 0) is 6.42 Å². The third-order valence-corrected chi connectivity index (χ3v) is 3.50. The minimum absolute atomic E-state index is 0.881. The van der Waals surface area contributed by atoms with Crippen LogP contribution >= 0.6 is 11.8 Å². The predicted octanol–water partition coefficient (Wildman–Crippen LogP) is 3.73. The van der Waals surface area contributed by atoms with Crippen LogP contribution < -0.4 is 5.73 Å². The number of nitrogens with two attached hydrogens (primary N) is 1. The van der Waals surface area contributed by atoms with Crippen LogP contribution in [0, 0.1) is 0 Å². The number of unbranched alkanes of at least 4 members (excludes halogenated alkanes) is 1. The Hall–Kier alpha value is -0.630. The van der Waals surface area contributed by atoms with Gasteiger partial charge in [-0.3, -0.25) is 0 Å². The van der Waals surface area contributed by atoms with Gasteiger partial charge in [0.1, 0.15) is 0 Å². The van der Waals surface area contributed by atoms with E-state index >= 15 is 0 Å². The zero-order chi connectivity index (χ0) is 10.9. The fraction of sp³-hybridized carbons (Fsp3) is 0.538. The van der Waals surface area contributed by atoms with Crippen LogP contribution in [0.5, 0.6) is 0 Å². The lowest BCUT2D eigenvalue weighted by atomic mass is 10.1. The summed E-state index contributed by atoms with van der Waals surface area (Å²) in [7, 11) is 0. The monoisotopic (exact) mass is 223 g/mol. The topological polar surface area (TPSA) is 26.0 Å². The second-order valence-electron chi connectivity index (χ2n) is 3.81. The third kappa shape index (κ3) is 5.73. The van der Waals surface area contributed by atoms with Crippen molar-refractivity contribution in [2.75, 3.05) is 17.2 Å². The highest BCUT2D eigenvalue weighted by Crippen LogP contribution is 2.12. The summed E-state index contributed by atoms with van der Waals surface area (Å²) in [6.07, 6.45) is 5.08. The lowest BCUT2D eigenvalue weighted by Gasteiger charge is -2.02. The minimum Gasteiger partial charge on any atom is -0.399 e. The smallest absolute Gasteiger partial charge is 0.0316 e. The number of anilines is 1. The van der Waals surface area contributed by atoms with Gasteiger partial charge in [0.05, 0.1) is 0 Å². The molecule has 0 amide bonds. The molecule has 0 heterocycles. The summed E-state index contributed by atoms with van der Waals surface area (Å²) < 4.78 is 0. The Morgan fingerprint density at radius 1 is 1.20 bits per heavy atom. The molecule has 0 aliphatic rings. The van der Waals surface area contributed by atoms with Gasteiger partial charge in [-0.1, -0.05) is 25.5 Å². The molecular formula is C13H21NS. The summed E-state index contributed by atoms with van der Waals surface area (Å²) in [6, 6.07) is 8.22. The van der Waals surface area contributed by atoms with Gasteiger partial charge in [-0.15, -0.1) is 0 Å². The summed E-state index contributed by atoms with van der Waals surface area (Å²) >= 11 is 2.07. The first-order chi connectivity index (χ1) is 7.33. The van der Waals surface area contributed by atoms with Crippen molar-refractivity contribution >= 4 is 17.4 Å². The maximum absolute atomic E-state index is 5.72. The number of nitrogen functional groups attached to an aromatic ring is 1. The highest BCUT2D eigenvalue weighted by Gasteiger charge is 1.94. The SMILES string of the molecule is CCCCSCCCc1cccc(N)c1. The molecule has 15 heavy (non-hydrogen) atoms. The molecule has 0 saturated heterocycles. The Morgan fingerprint density at radius 3 is 2.73 bits per heavy atom. The Kier molecular flexibility index (Phi) is 6.33. The van der Waals surface area contributed by atoms with Gasteiger partial charge in [0.25, 0.3) is 0 Å². The number of benzene rings is 1. The number of hydrogen-bond acceptors (Lipinski definition) is 2. The second kappa shape index (κ2) is 7.63. The van der Waals surface area contributed by atoms with Gasteiger partial charge >= 0.3 is 0 Å². The largest absolute Gasteiger partial charge is 0.399 e. The zero-order valence-corrected chi connectivity index (χ0v) is 10.4. The molecule has 84 valence electrons. The van der Waals surface area contributed by atoms with E-state index in [1.807, 2.05) is 12.1 Å². The molecule has 0 bridgehead atoms. The lowest BCUT2D eigenvalue weighted by Crippen LogP contribution is -1.91. The second-order valence-corrected chi connectivity index (χ2v) is 5.04. The Labute approximate surface area is 97.4 Å². The van der Waals surface area contributed by atoms with Crippen molar-refractivity contribution in [1.82, 2.24) is 0 Å². The maximum atomic E-state index is 5.72. The third-order valence-electron chi connectivity index (χ3n) is 2.35. The highest BCUT2D eigenvalue weighted by atomic mass is 32.2. The van der Waals surface area contributed by atoms with Crippen molar-refractivity contribution in [2.24, 2.45) is 0 Å². The van der Waals surface area contributed by atoms with E-state index in [0.717, 1.165) is 12.1 Å². The van der Waals surface area contributed by atoms with E-state index in [0.29, 0.717) is 0 Å². The average Bonchev–Trinajstić information content (AvgIpc) is 2.23. The molecule has 1 rings (SSSR count). The lowest BCUT2D eigenvalue weighted by molar-refractivity contribution is 0.889. The summed E-state index contributed by atoms with van der Waals surface area (Å²) in [4.78, 5) is 0. The molecule has 2 N–H and O–H groups in total. The van der Waals surface area contributed by atoms with Gasteiger partial charge in [0.15, 0.2) is 0 Å². The quantitative estimate of drug-likeness (QED) is 0.563. The normalized spacial score (nSPS) is 10.5. The zero-order valence-electron chi connectivity index (χ0n) is 9.54. The molecular weight excluding hydrogens is 202 g/mol. The highest BCUT2D eigenvalue weighted by molar-refractivity contribution is 7.99. The van der Waals surface area contributed by atoms with E-state index in [4.69, 9.17) is 5.73 Å². The van der Waals surface area contributed by atoms with Crippen LogP contribution in [0.15, 0.2) is 24.3 Å². The van der Waals surface area contributed by atoms with E-state index in [9.17, 15) is 0 Å². The van der Waals surface area contributed by atoms with Crippen LogP contribution in [0.25, 0.3) is 0 Å². The van der Waals surface area contributed by atoms with Crippen LogP contribution in [0.1, 0.15) is 31.7 Å². The van der Waals surface area contributed by atoms with Gasteiger partial charge in [-0.05, 0) is 48.5 Å². The molecule has 0 radical (unpaired) electrons. The Morgan fingerprint density at radius 2 is 2.00 bits per heavy atom. The molecule has 1 nitrogen and oxygen atoms in total. The molecule has 1 aromatic rings. The van der Waals surface area contributed by atoms with Crippen LogP contribution in [0.3, 0.4) is 0 Å². The molecule has 0 unspecified atom stereocenters. The summed E-state index contributed by atoms with van der Waals surface area (Å²) in [5.41, 5.74) is 7.97. The molecule has 0 fully saturated rings. The molecule has 0 aromatic heterocycles. The van der Waals surface area contributed by atoms with Crippen molar-refractivity contribution in [3.63, 3.8) is 0 Å². The fourth-order valence-corrected chi connectivity index (χ4v) is 2.52. The molecule has 1 aromatic carbocycles. The van der Waals surface area contributed by atoms with Crippen LogP contribution in [0.4, 0.5) is 5.69 Å². The van der Waals surface area contributed by atoms with E-state index < -0.39 is 0 Å². The predicted molar refractivity (Wildman–Crippen MR) is 71.4 cm³/mol. The van der Waals surface area contributed by atoms with Crippen molar-refractivity contribution in [3.05, 3.63) is 29.8 Å². The molecule has 0 spiro atoms. The first kappa shape index (κ1) is 12.4. The summed E-state index contributed by atoms with van der Waals surface area (Å²) in [5.74, 6) is 2.59. The molecule has 0 atom stereocenters. The van der Waals surface area contributed by atoms with Crippen molar-refractivity contribution in [1.29, 1.82) is 0 Å². The summed E-state index contributed by atoms with van der Waals surface area (Å²) in [6.45, 7) is 2.24. The number of thioether (sulfide) groups is 1. The van der Waals surface area contributed by atoms with E-state index in [-0.39, 0.29) is 0 Å². The standard InChI is InChI=1S/C13H21NS/c1-2-3-9-15-10-5-7-12-6-4-8-13(14)11-12/h4,6,8,11H,2-3,5,7,9-10,14H2,1H3. The molecule has 2 heteroatoms. The molecule has 0 aliphatic carbocycles. The van der Waals surface area contributed by atoms with Gasteiger partial charge < -0.3 is 5.73 Å². The first-order valence-electron chi connectivity index (χ1n) is 5.75. The number of rotatable bonds is 7. The van der Waals surface area contributed by atoms with Crippen LogP contribution in [0.2, 0.25) is 0 Å². The summed E-state index contributed by atoms with van der Waals surface area (Å²) in [5, 5.41) is 0. The Balaban J connectivity index is 2.10. The van der Waals surface area contributed by atoms with Gasteiger partial charge in [-0.2, -0.15) is 11.8 Å². The average molecular weight is 223 g/mol. The number of hydrogen-bond donors (Lipinski definition) is 1. The van der Waals surface area contributed by atoms with E-state index in [1.54, 1.807) is 0 Å². The fourth-order valence-electron chi connectivity index (χ4n) is 1.48. The maximum Gasteiger partial charge on any atom is 0.0316 e. The first-order valence-corrected chi connectivity index (χ1v) is 6.90. The van der Waals surface area contributed by atoms with E-state index in [1.165, 1.54) is 36.3 Å². The van der Waals surface area contributed by atoms with Crippen molar-refractivity contribution in [2.45, 2.75) is 32.6 Å². The number of aryl methyl sites for hydroxylation is 1. The van der Waals surface area contributed by atoms with Gasteiger partial charge in [0.2, 0.25) is 0 Å². The van der Waals surface area contributed by atoms with Crippen molar-refractivity contribution < 1.29 is 0 Å².